The molecule has 2 N–H and O–H groups in total. The van der Waals surface area contributed by atoms with E-state index >= 15 is 0 Å². The van der Waals surface area contributed by atoms with Crippen molar-refractivity contribution in [2.45, 2.75) is 26.4 Å². The maximum Gasteiger partial charge on any atom is 0.232 e. The van der Waals surface area contributed by atoms with E-state index in [-0.39, 0.29) is 11.9 Å². The molecule has 2 heterocycles. The molecule has 0 radical (unpaired) electrons. The van der Waals surface area contributed by atoms with Crippen LogP contribution in [0.1, 0.15) is 16.8 Å². The first-order chi connectivity index (χ1) is 8.43. The average Bonchev–Trinajstić information content (AvgIpc) is 2.86. The highest BCUT2D eigenvalue weighted by molar-refractivity contribution is 7.11. The first-order valence-electron chi connectivity index (χ1n) is 5.93. The number of thiazole rings is 1. The highest BCUT2D eigenvalue weighted by atomic mass is 32.1. The number of aromatic nitrogens is 1. The number of hydrogen-bond acceptors (Lipinski definition) is 5. The van der Waals surface area contributed by atoms with Gasteiger partial charge >= 0.3 is 0 Å². The fourth-order valence-corrected chi connectivity index (χ4v) is 2.98. The van der Waals surface area contributed by atoms with E-state index in [2.05, 4.69) is 4.98 Å². The van der Waals surface area contributed by atoms with Gasteiger partial charge in [-0.05, 0) is 13.8 Å². The zero-order valence-corrected chi connectivity index (χ0v) is 11.8. The lowest BCUT2D eigenvalue weighted by Gasteiger charge is -2.30. The van der Waals surface area contributed by atoms with Gasteiger partial charge in [0.1, 0.15) is 0 Å². The minimum atomic E-state index is -0.603. The van der Waals surface area contributed by atoms with Crippen molar-refractivity contribution in [1.29, 1.82) is 0 Å². The van der Waals surface area contributed by atoms with Crippen LogP contribution in [0.15, 0.2) is 6.20 Å². The number of rotatable bonds is 3. The third-order valence-corrected chi connectivity index (χ3v) is 4.31. The van der Waals surface area contributed by atoms with Crippen LogP contribution in [0.3, 0.4) is 0 Å². The third kappa shape index (κ3) is 2.41. The predicted octanol–water partition coefficient (Wildman–Crippen LogP) is 0.774. The van der Waals surface area contributed by atoms with Crippen LogP contribution in [-0.4, -0.2) is 42.1 Å². The average molecular weight is 269 g/mol. The first-order valence-corrected chi connectivity index (χ1v) is 6.75. The molecule has 2 rings (SSSR count). The molecule has 2 unspecified atom stereocenters. The highest BCUT2D eigenvalue weighted by Gasteiger charge is 2.45. The topological polar surface area (TPSA) is 68.5 Å². The number of amides is 1. The van der Waals surface area contributed by atoms with E-state index < -0.39 is 5.41 Å². The summed E-state index contributed by atoms with van der Waals surface area (Å²) in [5.74, 6) is 0.0403. The van der Waals surface area contributed by atoms with Crippen LogP contribution in [0.2, 0.25) is 0 Å². The monoisotopic (exact) mass is 269 g/mol. The molecule has 1 fully saturated rings. The summed E-state index contributed by atoms with van der Waals surface area (Å²) in [6.07, 6.45) is 1.82. The molecule has 0 spiro atoms. The second-order valence-electron chi connectivity index (χ2n) is 5.05. The molecule has 0 aliphatic carbocycles. The van der Waals surface area contributed by atoms with E-state index in [1.54, 1.807) is 23.3 Å². The Morgan fingerprint density at radius 2 is 2.50 bits per heavy atom. The SMILES string of the molecule is Cc1ncc(CN(C)C(=O)C2(C)COCC2N)s1. The summed E-state index contributed by atoms with van der Waals surface area (Å²) in [7, 11) is 1.80. The van der Waals surface area contributed by atoms with Crippen molar-refractivity contribution in [3.63, 3.8) is 0 Å². The van der Waals surface area contributed by atoms with Gasteiger partial charge in [-0.15, -0.1) is 11.3 Å². The molecular formula is C12H19N3O2S. The molecule has 0 bridgehead atoms. The lowest BCUT2D eigenvalue weighted by atomic mass is 9.84. The quantitative estimate of drug-likeness (QED) is 0.880. The van der Waals surface area contributed by atoms with E-state index in [0.29, 0.717) is 19.8 Å². The summed E-state index contributed by atoms with van der Waals surface area (Å²) in [5.41, 5.74) is 5.36. The number of carbonyl (C=O) groups excluding carboxylic acids is 1. The van der Waals surface area contributed by atoms with Crippen LogP contribution < -0.4 is 5.73 Å². The van der Waals surface area contributed by atoms with Gasteiger partial charge in [0.05, 0.1) is 30.2 Å². The molecule has 1 aromatic heterocycles. The van der Waals surface area contributed by atoms with Gasteiger partial charge in [-0.25, -0.2) is 4.98 Å². The van der Waals surface area contributed by atoms with Gasteiger partial charge < -0.3 is 15.4 Å². The fourth-order valence-electron chi connectivity index (χ4n) is 2.13. The molecule has 18 heavy (non-hydrogen) atoms. The second-order valence-corrected chi connectivity index (χ2v) is 6.37. The van der Waals surface area contributed by atoms with Crippen molar-refractivity contribution in [2.75, 3.05) is 20.3 Å². The second kappa shape index (κ2) is 4.95. The Kier molecular flexibility index (Phi) is 3.70. The van der Waals surface area contributed by atoms with E-state index in [1.807, 2.05) is 20.0 Å². The molecule has 0 saturated carbocycles. The van der Waals surface area contributed by atoms with Crippen LogP contribution in [0.4, 0.5) is 0 Å². The molecule has 2 atom stereocenters. The summed E-state index contributed by atoms with van der Waals surface area (Å²) in [5, 5.41) is 1.01. The largest absolute Gasteiger partial charge is 0.379 e. The molecule has 1 aliphatic rings. The van der Waals surface area contributed by atoms with Crippen LogP contribution in [0.5, 0.6) is 0 Å². The molecular weight excluding hydrogens is 250 g/mol. The molecule has 1 aromatic rings. The van der Waals surface area contributed by atoms with Gasteiger partial charge in [-0.2, -0.15) is 0 Å². The molecule has 1 aliphatic heterocycles. The summed E-state index contributed by atoms with van der Waals surface area (Å²) in [4.78, 5) is 19.4. The maximum absolute atomic E-state index is 12.4. The van der Waals surface area contributed by atoms with Crippen LogP contribution in [0, 0.1) is 12.3 Å². The van der Waals surface area contributed by atoms with E-state index in [4.69, 9.17) is 10.5 Å². The lowest BCUT2D eigenvalue weighted by molar-refractivity contribution is -0.140. The number of nitrogens with two attached hydrogens (primary N) is 1. The summed E-state index contributed by atoms with van der Waals surface area (Å²) in [6.45, 7) is 5.26. The maximum atomic E-state index is 12.4. The number of carbonyl (C=O) groups is 1. The normalized spacial score (nSPS) is 27.4. The summed E-state index contributed by atoms with van der Waals surface area (Å²) >= 11 is 1.61. The molecule has 100 valence electrons. The Labute approximate surface area is 111 Å². The van der Waals surface area contributed by atoms with Gasteiger partial charge in [0, 0.05) is 24.2 Å². The minimum Gasteiger partial charge on any atom is -0.379 e. The van der Waals surface area contributed by atoms with Gasteiger partial charge in [0.25, 0.3) is 0 Å². The fraction of sp³-hybridized carbons (Fsp3) is 0.667. The molecule has 1 amide bonds. The molecule has 1 saturated heterocycles. The smallest absolute Gasteiger partial charge is 0.232 e. The molecule has 6 heteroatoms. The number of hydrogen-bond donors (Lipinski definition) is 1. The van der Waals surface area contributed by atoms with Gasteiger partial charge in [-0.1, -0.05) is 0 Å². The number of aryl methyl sites for hydroxylation is 1. The Morgan fingerprint density at radius 1 is 1.78 bits per heavy atom. The standard InChI is InChI=1S/C12H19N3O2S/c1-8-14-4-9(18-8)5-15(3)11(16)12(2)7-17-6-10(12)13/h4,10H,5-7,13H2,1-3H3. The van der Waals surface area contributed by atoms with Crippen molar-refractivity contribution in [2.24, 2.45) is 11.1 Å². The number of ether oxygens (including phenoxy) is 1. The van der Waals surface area contributed by atoms with E-state index in [0.717, 1.165) is 9.88 Å². The van der Waals surface area contributed by atoms with Gasteiger partial charge in [-0.3, -0.25) is 4.79 Å². The van der Waals surface area contributed by atoms with Gasteiger partial charge in [0.2, 0.25) is 5.91 Å². The van der Waals surface area contributed by atoms with Crippen molar-refractivity contribution < 1.29 is 9.53 Å². The van der Waals surface area contributed by atoms with Crippen molar-refractivity contribution in [1.82, 2.24) is 9.88 Å². The highest BCUT2D eigenvalue weighted by Crippen LogP contribution is 2.29. The van der Waals surface area contributed by atoms with Crippen molar-refractivity contribution in [3.05, 3.63) is 16.1 Å². The summed E-state index contributed by atoms with van der Waals surface area (Å²) < 4.78 is 5.32. The third-order valence-electron chi connectivity index (χ3n) is 3.42. The molecule has 0 aromatic carbocycles. The van der Waals surface area contributed by atoms with Crippen molar-refractivity contribution in [3.8, 4) is 0 Å². The Morgan fingerprint density at radius 3 is 3.00 bits per heavy atom. The predicted molar refractivity (Wildman–Crippen MR) is 70.2 cm³/mol. The summed E-state index contributed by atoms with van der Waals surface area (Å²) in [6, 6.07) is -0.226. The lowest BCUT2D eigenvalue weighted by Crippen LogP contribution is -2.50. The first kappa shape index (κ1) is 13.5. The number of nitrogens with zero attached hydrogens (tertiary/aromatic N) is 2. The Balaban J connectivity index is 2.05. The van der Waals surface area contributed by atoms with Crippen LogP contribution in [0.25, 0.3) is 0 Å². The zero-order valence-electron chi connectivity index (χ0n) is 11.0. The van der Waals surface area contributed by atoms with E-state index in [1.165, 1.54) is 0 Å². The van der Waals surface area contributed by atoms with Crippen LogP contribution >= 0.6 is 11.3 Å². The zero-order chi connectivity index (χ0) is 13.3. The molecule has 5 nitrogen and oxygen atoms in total. The minimum absolute atomic E-state index is 0.0403. The van der Waals surface area contributed by atoms with Crippen molar-refractivity contribution >= 4 is 17.2 Å². The van der Waals surface area contributed by atoms with Gasteiger partial charge in [0.15, 0.2) is 0 Å². The van der Waals surface area contributed by atoms with Crippen LogP contribution in [-0.2, 0) is 16.1 Å². The van der Waals surface area contributed by atoms with E-state index in [9.17, 15) is 4.79 Å². The Bertz CT molecular complexity index is 448. The Hall–Kier alpha value is -0.980.